The second-order valence-corrected chi connectivity index (χ2v) is 12.4. The lowest BCUT2D eigenvalue weighted by atomic mass is 9.69. The van der Waals surface area contributed by atoms with Gasteiger partial charge < -0.3 is 19.7 Å². The lowest BCUT2D eigenvalue weighted by Gasteiger charge is -2.43. The number of anilines is 1. The molecule has 1 aromatic rings. The minimum absolute atomic E-state index is 0.0189. The summed E-state index contributed by atoms with van der Waals surface area (Å²) in [6.07, 6.45) is 0.0927. The summed E-state index contributed by atoms with van der Waals surface area (Å²) in [5.41, 5.74) is 1.38. The summed E-state index contributed by atoms with van der Waals surface area (Å²) in [4.78, 5) is 37.5. The molecule has 5 fully saturated rings. The van der Waals surface area contributed by atoms with Crippen LogP contribution in [-0.4, -0.2) is 72.5 Å². The molecule has 5 aliphatic heterocycles. The molecular weight excluding hydrogens is 488 g/mol. The van der Waals surface area contributed by atoms with Crippen LogP contribution in [0.4, 0.5) is 5.69 Å². The van der Waals surface area contributed by atoms with Gasteiger partial charge in [0.05, 0.1) is 37.5 Å². The van der Waals surface area contributed by atoms with Gasteiger partial charge in [-0.2, -0.15) is 5.06 Å². The molecule has 8 rings (SSSR count). The van der Waals surface area contributed by atoms with E-state index in [2.05, 4.69) is 13.8 Å². The first-order chi connectivity index (χ1) is 18.3. The van der Waals surface area contributed by atoms with Crippen molar-refractivity contribution in [1.29, 1.82) is 0 Å². The Morgan fingerprint density at radius 2 is 2.08 bits per heavy atom. The van der Waals surface area contributed by atoms with Crippen LogP contribution >= 0.6 is 0 Å². The molecule has 1 aromatic carbocycles. The lowest BCUT2D eigenvalue weighted by Crippen LogP contribution is -2.58. The topological polar surface area (TPSA) is 118 Å². The number of amides is 1. The summed E-state index contributed by atoms with van der Waals surface area (Å²) >= 11 is 0. The number of hydrogen-bond donors (Lipinski definition) is 2. The van der Waals surface area contributed by atoms with Crippen LogP contribution in [0.2, 0.25) is 0 Å². The van der Waals surface area contributed by atoms with Crippen molar-refractivity contribution in [3.63, 3.8) is 0 Å². The van der Waals surface area contributed by atoms with E-state index >= 15 is 0 Å². The van der Waals surface area contributed by atoms with E-state index in [4.69, 9.17) is 19.3 Å². The van der Waals surface area contributed by atoms with E-state index in [0.717, 1.165) is 17.7 Å². The number of aliphatic hydroxyl groups is 2. The van der Waals surface area contributed by atoms with Gasteiger partial charge in [-0.05, 0) is 48.6 Å². The zero-order valence-electron chi connectivity index (χ0n) is 22.0. The smallest absolute Gasteiger partial charge is 0.309 e. The number of aliphatic imine (C=N–C) groups is 1. The minimum atomic E-state index is -1.06. The third kappa shape index (κ3) is 3.04. The highest BCUT2D eigenvalue weighted by Gasteiger charge is 2.68. The molecule has 38 heavy (non-hydrogen) atoms. The second-order valence-electron chi connectivity index (χ2n) is 12.4. The highest BCUT2D eigenvalue weighted by Crippen LogP contribution is 2.57. The van der Waals surface area contributed by atoms with E-state index in [-0.39, 0.29) is 66.1 Å². The first-order valence-electron chi connectivity index (χ1n) is 14.0. The molecule has 9 heteroatoms. The van der Waals surface area contributed by atoms with Gasteiger partial charge in [-0.25, -0.2) is 0 Å². The molecule has 7 aliphatic rings. The summed E-state index contributed by atoms with van der Waals surface area (Å²) < 4.78 is 12.1. The van der Waals surface area contributed by atoms with Crippen LogP contribution in [0.5, 0.6) is 0 Å². The number of para-hydroxylation sites is 1. The van der Waals surface area contributed by atoms with E-state index < -0.39 is 17.6 Å². The van der Waals surface area contributed by atoms with E-state index in [1.807, 2.05) is 24.3 Å². The number of rotatable bonds is 5. The fourth-order valence-corrected chi connectivity index (χ4v) is 9.08. The number of carbonyl (C=O) groups is 2. The molecule has 1 amide bonds. The molecular formula is C29H36N2O7. The van der Waals surface area contributed by atoms with Gasteiger partial charge in [-0.3, -0.25) is 19.4 Å². The van der Waals surface area contributed by atoms with Crippen LogP contribution in [0.25, 0.3) is 0 Å². The molecule has 1 spiro atoms. The fraction of sp³-hybridized carbons (Fsp3) is 0.690. The highest BCUT2D eigenvalue weighted by molar-refractivity contribution is 6.08. The summed E-state index contributed by atoms with van der Waals surface area (Å²) in [5, 5.41) is 23.2. The Hall–Kier alpha value is -2.33. The van der Waals surface area contributed by atoms with E-state index in [1.165, 1.54) is 12.2 Å². The predicted octanol–water partition coefficient (Wildman–Crippen LogP) is 1.88. The molecule has 2 N–H and O–H groups in total. The molecule has 1 unspecified atom stereocenters. The van der Waals surface area contributed by atoms with Crippen LogP contribution in [0, 0.1) is 41.4 Å². The Morgan fingerprint density at radius 1 is 1.29 bits per heavy atom. The quantitative estimate of drug-likeness (QED) is 0.565. The normalized spacial score (nSPS) is 45.3. The number of esters is 1. The second kappa shape index (κ2) is 8.58. The minimum Gasteiger partial charge on any atom is -0.462 e. The van der Waals surface area contributed by atoms with Gasteiger partial charge in [0.15, 0.2) is 0 Å². The third-order valence-electron chi connectivity index (χ3n) is 10.7. The molecule has 4 bridgehead atoms. The summed E-state index contributed by atoms with van der Waals surface area (Å²) in [6, 6.07) is 7.40. The SMILES string of the molecule is CON1C(=O)[C@@]2(C[C@@H]3N=C([C@H](C)C[C@@H]4C(=O)O[C@H]5C[C@H](C)[C@@H](CO)[C@H]54)[C@@H]4C(O)[C@@H]2OC[C@H]34)c2ccccc21. The molecule has 12 atom stereocenters. The van der Waals surface area contributed by atoms with Crippen LogP contribution in [0.3, 0.4) is 0 Å². The number of fused-ring (bicyclic) bond motifs is 3. The molecule has 5 heterocycles. The average Bonchev–Trinajstić information content (AvgIpc) is 3.53. The van der Waals surface area contributed by atoms with Crippen molar-refractivity contribution < 1.29 is 34.1 Å². The average molecular weight is 525 g/mol. The Balaban J connectivity index is 1.21. The number of aliphatic hydroxyl groups excluding tert-OH is 2. The number of carbonyl (C=O) groups excluding carboxylic acids is 2. The lowest BCUT2D eigenvalue weighted by molar-refractivity contribution is -0.152. The summed E-state index contributed by atoms with van der Waals surface area (Å²) in [6.45, 7) is 4.70. The first-order valence-corrected chi connectivity index (χ1v) is 14.0. The van der Waals surface area contributed by atoms with Gasteiger partial charge in [0, 0.05) is 30.1 Å². The molecule has 9 nitrogen and oxygen atoms in total. The molecule has 204 valence electrons. The first kappa shape index (κ1) is 24.7. The van der Waals surface area contributed by atoms with Crippen molar-refractivity contribution in [3.8, 4) is 0 Å². The number of hydrogen-bond acceptors (Lipinski definition) is 8. The molecule has 0 aromatic heterocycles. The summed E-state index contributed by atoms with van der Waals surface area (Å²) in [5.74, 6) is -0.554. The van der Waals surface area contributed by atoms with Gasteiger partial charge in [0.25, 0.3) is 5.91 Å². The Bertz CT molecular complexity index is 1200. The molecule has 0 radical (unpaired) electrons. The Morgan fingerprint density at radius 3 is 2.84 bits per heavy atom. The maximum atomic E-state index is 13.9. The zero-order chi connectivity index (χ0) is 26.5. The van der Waals surface area contributed by atoms with Crippen molar-refractivity contribution in [1.82, 2.24) is 0 Å². The van der Waals surface area contributed by atoms with E-state index in [0.29, 0.717) is 31.1 Å². The van der Waals surface area contributed by atoms with Gasteiger partial charge in [-0.1, -0.05) is 32.0 Å². The number of nitrogens with zero attached hydrogens (tertiary/aromatic N) is 2. The number of hydroxylamine groups is 1. The molecule has 2 aliphatic carbocycles. The number of benzene rings is 1. The van der Waals surface area contributed by atoms with E-state index in [1.54, 1.807) is 0 Å². The van der Waals surface area contributed by atoms with Crippen molar-refractivity contribution >= 4 is 23.3 Å². The van der Waals surface area contributed by atoms with Crippen LogP contribution in [0.1, 0.15) is 38.7 Å². The number of ether oxygens (including phenoxy) is 2. The highest BCUT2D eigenvalue weighted by atomic mass is 16.7. The van der Waals surface area contributed by atoms with Gasteiger partial charge in [0.2, 0.25) is 0 Å². The maximum Gasteiger partial charge on any atom is 0.309 e. The fourth-order valence-electron chi connectivity index (χ4n) is 9.08. The summed E-state index contributed by atoms with van der Waals surface area (Å²) in [7, 11) is 1.48. The standard InChI is InChI=1S/C29H36N2O7/c1-13-9-21-22(16(13)11-32)15(27(34)38-21)8-14(2)24-23-17-12-37-26(25(23)33)29(10-19(17)30-24)18-6-4-5-7-20(18)31(36-3)28(29)35/h4-7,13-17,19,21-23,25-26,32-33H,8-12H2,1-3H3/t13-,14+,15-,16+,17+,19-,21-,22+,23+,25?,26-,29-/m0/s1. The van der Waals surface area contributed by atoms with Crippen molar-refractivity contribution in [2.75, 3.05) is 25.4 Å². The van der Waals surface area contributed by atoms with Crippen molar-refractivity contribution in [2.24, 2.45) is 46.4 Å². The van der Waals surface area contributed by atoms with Gasteiger partial charge >= 0.3 is 5.97 Å². The third-order valence-corrected chi connectivity index (χ3v) is 10.7. The Kier molecular flexibility index (Phi) is 5.58. The van der Waals surface area contributed by atoms with Crippen LogP contribution in [-0.2, 0) is 29.3 Å². The Labute approximate surface area is 222 Å². The largest absolute Gasteiger partial charge is 0.462 e. The van der Waals surface area contributed by atoms with Crippen LogP contribution in [0.15, 0.2) is 29.3 Å². The molecule has 3 saturated heterocycles. The van der Waals surface area contributed by atoms with Gasteiger partial charge in [0.1, 0.15) is 17.6 Å². The monoisotopic (exact) mass is 524 g/mol. The van der Waals surface area contributed by atoms with Gasteiger partial charge in [-0.15, -0.1) is 0 Å². The molecule has 2 saturated carbocycles. The maximum absolute atomic E-state index is 13.9. The predicted molar refractivity (Wildman–Crippen MR) is 136 cm³/mol. The van der Waals surface area contributed by atoms with Crippen LogP contribution < -0.4 is 5.06 Å². The van der Waals surface area contributed by atoms with Crippen molar-refractivity contribution in [3.05, 3.63) is 29.8 Å². The van der Waals surface area contributed by atoms with E-state index in [9.17, 15) is 19.8 Å². The zero-order valence-corrected chi connectivity index (χ0v) is 22.0. The van der Waals surface area contributed by atoms with Crippen molar-refractivity contribution in [2.45, 2.75) is 62.9 Å².